The Bertz CT molecular complexity index is 301. The molecule has 2 saturated heterocycles. The summed E-state index contributed by atoms with van der Waals surface area (Å²) in [5.41, 5.74) is 0. The van der Waals surface area contributed by atoms with Gasteiger partial charge in [0.1, 0.15) is 0 Å². The predicted molar refractivity (Wildman–Crippen MR) is 74.9 cm³/mol. The normalized spacial score (nSPS) is 26.6. The summed E-state index contributed by atoms with van der Waals surface area (Å²) in [5, 5.41) is 9.17. The summed E-state index contributed by atoms with van der Waals surface area (Å²) in [6.45, 7) is 5.30. The zero-order valence-corrected chi connectivity index (χ0v) is 12.2. The lowest BCUT2D eigenvalue weighted by Gasteiger charge is -2.37. The predicted octanol–water partition coefficient (Wildman–Crippen LogP) is -0.147. The molecule has 2 aliphatic rings. The number of rotatable bonds is 5. The first-order valence-electron chi connectivity index (χ1n) is 7.37. The van der Waals surface area contributed by atoms with Crippen LogP contribution in [-0.4, -0.2) is 85.2 Å². The van der Waals surface area contributed by atoms with E-state index in [0.717, 1.165) is 45.6 Å². The van der Waals surface area contributed by atoms with E-state index in [0.29, 0.717) is 12.5 Å². The van der Waals surface area contributed by atoms with Gasteiger partial charge in [-0.05, 0) is 26.9 Å². The highest BCUT2D eigenvalue weighted by atomic mass is 16.3. The third kappa shape index (κ3) is 3.91. The number of aliphatic hydroxyl groups excluding tert-OH is 1. The molecule has 0 bridgehead atoms. The number of likely N-dealkylation sites (tertiary alicyclic amines) is 2. The Morgan fingerprint density at radius 1 is 1.32 bits per heavy atom. The van der Waals surface area contributed by atoms with Crippen molar-refractivity contribution in [1.82, 2.24) is 14.7 Å². The number of aliphatic hydroxyl groups is 1. The molecule has 19 heavy (non-hydrogen) atoms. The van der Waals surface area contributed by atoms with Crippen LogP contribution in [0.3, 0.4) is 0 Å². The maximum Gasteiger partial charge on any atom is 0.223 e. The summed E-state index contributed by atoms with van der Waals surface area (Å²) < 4.78 is 0. The lowest BCUT2D eigenvalue weighted by atomic mass is 10.0. The molecule has 0 spiro atoms. The monoisotopic (exact) mass is 269 g/mol. The van der Waals surface area contributed by atoms with Crippen LogP contribution in [0, 0.1) is 5.92 Å². The molecule has 1 unspecified atom stereocenters. The van der Waals surface area contributed by atoms with Gasteiger partial charge in [-0.3, -0.25) is 4.79 Å². The molecule has 0 aromatic rings. The van der Waals surface area contributed by atoms with E-state index in [-0.39, 0.29) is 18.4 Å². The van der Waals surface area contributed by atoms with E-state index in [1.165, 1.54) is 0 Å². The largest absolute Gasteiger partial charge is 0.396 e. The number of likely N-dealkylation sites (N-methyl/N-ethyl adjacent to an activating group) is 1. The minimum absolute atomic E-state index is 0.143. The molecule has 0 radical (unpaired) electrons. The number of hydrogen-bond donors (Lipinski definition) is 1. The maximum atomic E-state index is 11.9. The summed E-state index contributed by atoms with van der Waals surface area (Å²) in [5.74, 6) is 0.407. The van der Waals surface area contributed by atoms with Gasteiger partial charge < -0.3 is 19.8 Å². The van der Waals surface area contributed by atoms with Gasteiger partial charge in [0, 0.05) is 57.7 Å². The molecular weight excluding hydrogens is 242 g/mol. The number of carbonyl (C=O) groups is 1. The van der Waals surface area contributed by atoms with Crippen molar-refractivity contribution < 1.29 is 9.90 Å². The number of piperidine rings is 1. The zero-order chi connectivity index (χ0) is 13.8. The molecule has 2 heterocycles. The molecule has 0 saturated carbocycles. The SMILES string of the molecule is CN(C)CCN1CCC(N2CC(CO)CC2=O)CC1. The van der Waals surface area contributed by atoms with Crippen LogP contribution in [-0.2, 0) is 4.79 Å². The molecule has 110 valence electrons. The standard InChI is InChI=1S/C14H27N3O2/c1-15(2)7-8-16-5-3-13(4-6-16)17-10-12(11-18)9-14(17)19/h12-13,18H,3-11H2,1-2H3. The summed E-state index contributed by atoms with van der Waals surface area (Å²) in [6, 6.07) is 0.402. The fraction of sp³-hybridized carbons (Fsp3) is 0.929. The fourth-order valence-corrected chi connectivity index (χ4v) is 3.08. The molecule has 0 aromatic heterocycles. The lowest BCUT2D eigenvalue weighted by Crippen LogP contribution is -2.46. The minimum atomic E-state index is 0.143. The van der Waals surface area contributed by atoms with E-state index in [1.54, 1.807) is 0 Å². The van der Waals surface area contributed by atoms with Crippen LogP contribution in [0.5, 0.6) is 0 Å². The first-order chi connectivity index (χ1) is 9.10. The Labute approximate surface area is 116 Å². The molecular formula is C14H27N3O2. The molecule has 2 aliphatic heterocycles. The summed E-state index contributed by atoms with van der Waals surface area (Å²) >= 11 is 0. The lowest BCUT2D eigenvalue weighted by molar-refractivity contribution is -0.130. The highest BCUT2D eigenvalue weighted by molar-refractivity contribution is 5.79. The van der Waals surface area contributed by atoms with Crippen LogP contribution in [0.4, 0.5) is 0 Å². The second-order valence-corrected chi connectivity index (χ2v) is 6.17. The maximum absolute atomic E-state index is 11.9. The van der Waals surface area contributed by atoms with E-state index >= 15 is 0 Å². The molecule has 5 heteroatoms. The average molecular weight is 269 g/mol. The number of carbonyl (C=O) groups excluding carboxylic acids is 1. The van der Waals surface area contributed by atoms with Crippen LogP contribution in [0.1, 0.15) is 19.3 Å². The highest BCUT2D eigenvalue weighted by Gasteiger charge is 2.35. The topological polar surface area (TPSA) is 47.0 Å². The van der Waals surface area contributed by atoms with Crippen molar-refractivity contribution in [3.63, 3.8) is 0 Å². The minimum Gasteiger partial charge on any atom is -0.396 e. The fourth-order valence-electron chi connectivity index (χ4n) is 3.08. The molecule has 1 amide bonds. The van der Waals surface area contributed by atoms with Gasteiger partial charge in [-0.1, -0.05) is 0 Å². The van der Waals surface area contributed by atoms with E-state index < -0.39 is 0 Å². The van der Waals surface area contributed by atoms with Gasteiger partial charge in [0.05, 0.1) is 0 Å². The molecule has 5 nitrogen and oxygen atoms in total. The number of nitrogens with zero attached hydrogens (tertiary/aromatic N) is 3. The molecule has 0 aliphatic carbocycles. The van der Waals surface area contributed by atoms with Crippen molar-refractivity contribution in [2.45, 2.75) is 25.3 Å². The molecule has 0 aromatic carbocycles. The Morgan fingerprint density at radius 2 is 2.00 bits per heavy atom. The van der Waals surface area contributed by atoms with Crippen LogP contribution in [0.25, 0.3) is 0 Å². The third-order valence-corrected chi connectivity index (χ3v) is 4.36. The van der Waals surface area contributed by atoms with Crippen LogP contribution >= 0.6 is 0 Å². The Kier molecular flexibility index (Phi) is 5.19. The quantitative estimate of drug-likeness (QED) is 0.754. The highest BCUT2D eigenvalue weighted by Crippen LogP contribution is 2.25. The molecule has 2 fully saturated rings. The van der Waals surface area contributed by atoms with Crippen molar-refractivity contribution in [3.8, 4) is 0 Å². The van der Waals surface area contributed by atoms with Gasteiger partial charge in [-0.15, -0.1) is 0 Å². The summed E-state index contributed by atoms with van der Waals surface area (Å²) in [7, 11) is 4.20. The zero-order valence-electron chi connectivity index (χ0n) is 12.2. The van der Waals surface area contributed by atoms with Gasteiger partial charge >= 0.3 is 0 Å². The third-order valence-electron chi connectivity index (χ3n) is 4.36. The first-order valence-corrected chi connectivity index (χ1v) is 7.37. The molecule has 2 rings (SSSR count). The van der Waals surface area contributed by atoms with E-state index in [2.05, 4.69) is 23.9 Å². The Hall–Kier alpha value is -0.650. The van der Waals surface area contributed by atoms with E-state index in [1.807, 2.05) is 4.90 Å². The smallest absolute Gasteiger partial charge is 0.223 e. The van der Waals surface area contributed by atoms with E-state index in [9.17, 15) is 9.90 Å². The molecule has 1 N–H and O–H groups in total. The van der Waals surface area contributed by atoms with E-state index in [4.69, 9.17) is 0 Å². The van der Waals surface area contributed by atoms with Gasteiger partial charge in [0.2, 0.25) is 5.91 Å². The van der Waals surface area contributed by atoms with Gasteiger partial charge in [0.25, 0.3) is 0 Å². The van der Waals surface area contributed by atoms with Gasteiger partial charge in [-0.25, -0.2) is 0 Å². The van der Waals surface area contributed by atoms with Crippen molar-refractivity contribution in [1.29, 1.82) is 0 Å². The molecule has 1 atom stereocenters. The van der Waals surface area contributed by atoms with Crippen LogP contribution < -0.4 is 0 Å². The first kappa shape index (κ1) is 14.8. The van der Waals surface area contributed by atoms with Gasteiger partial charge in [-0.2, -0.15) is 0 Å². The number of amides is 1. The second-order valence-electron chi connectivity index (χ2n) is 6.17. The summed E-state index contributed by atoms with van der Waals surface area (Å²) in [6.07, 6.45) is 2.70. The Morgan fingerprint density at radius 3 is 2.53 bits per heavy atom. The van der Waals surface area contributed by atoms with Crippen molar-refractivity contribution in [2.75, 3.05) is 53.4 Å². The van der Waals surface area contributed by atoms with Crippen molar-refractivity contribution in [3.05, 3.63) is 0 Å². The van der Waals surface area contributed by atoms with Crippen LogP contribution in [0.15, 0.2) is 0 Å². The summed E-state index contributed by atoms with van der Waals surface area (Å²) in [4.78, 5) is 18.6. The van der Waals surface area contributed by atoms with Gasteiger partial charge in [0.15, 0.2) is 0 Å². The van der Waals surface area contributed by atoms with Crippen molar-refractivity contribution >= 4 is 5.91 Å². The van der Waals surface area contributed by atoms with Crippen LogP contribution in [0.2, 0.25) is 0 Å². The Balaban J connectivity index is 1.75. The average Bonchev–Trinajstić information content (AvgIpc) is 2.78. The van der Waals surface area contributed by atoms with Crippen molar-refractivity contribution in [2.24, 2.45) is 5.92 Å². The second kappa shape index (κ2) is 6.68. The number of hydrogen-bond acceptors (Lipinski definition) is 4.